The van der Waals surface area contributed by atoms with Crippen molar-refractivity contribution in [2.45, 2.75) is 70.1 Å². The quantitative estimate of drug-likeness (QED) is 0.621. The smallest absolute Gasteiger partial charge is 0.339 e. The Bertz CT molecular complexity index is 982. The van der Waals surface area contributed by atoms with Crippen LogP contribution < -0.4 is 0 Å². The van der Waals surface area contributed by atoms with Gasteiger partial charge in [0.15, 0.2) is 5.82 Å². The zero-order valence-corrected chi connectivity index (χ0v) is 18.4. The fourth-order valence-corrected chi connectivity index (χ4v) is 5.07. The summed E-state index contributed by atoms with van der Waals surface area (Å²) in [6.45, 7) is 10.5. The minimum atomic E-state index is -4.63. The lowest BCUT2D eigenvalue weighted by Crippen LogP contribution is -2.39. The number of aromatic nitrogens is 2. The maximum absolute atomic E-state index is 13.2. The Kier molecular flexibility index (Phi) is 6.42. The van der Waals surface area contributed by atoms with E-state index in [0.717, 1.165) is 10.4 Å². The van der Waals surface area contributed by atoms with Gasteiger partial charge in [0.05, 0.1) is 16.6 Å². The van der Waals surface area contributed by atoms with E-state index in [4.69, 9.17) is 16.1 Å². The predicted molar refractivity (Wildman–Crippen MR) is 102 cm³/mol. The van der Waals surface area contributed by atoms with Gasteiger partial charge in [0.1, 0.15) is 4.90 Å². The van der Waals surface area contributed by atoms with Gasteiger partial charge in [-0.25, -0.2) is 8.42 Å². The van der Waals surface area contributed by atoms with Gasteiger partial charge in [-0.15, -0.1) is 0 Å². The SMILES string of the molecule is CC(C)N(C(C)c1noc(C(C)(C)C)n1)S(=O)(=O)c1ccc(C(F)(F)F)cc1Cl. The Balaban J connectivity index is 2.50. The van der Waals surface area contributed by atoms with Crippen LogP contribution in [0.5, 0.6) is 0 Å². The van der Waals surface area contributed by atoms with E-state index < -0.39 is 49.2 Å². The molecule has 29 heavy (non-hydrogen) atoms. The van der Waals surface area contributed by atoms with Crippen molar-refractivity contribution in [2.24, 2.45) is 0 Å². The summed E-state index contributed by atoms with van der Waals surface area (Å²) in [6.07, 6.45) is -4.63. The average molecular weight is 454 g/mol. The van der Waals surface area contributed by atoms with Crippen molar-refractivity contribution in [3.8, 4) is 0 Å². The molecule has 0 aliphatic rings. The lowest BCUT2D eigenvalue weighted by molar-refractivity contribution is -0.137. The molecule has 0 spiro atoms. The molecule has 0 radical (unpaired) electrons. The van der Waals surface area contributed by atoms with Gasteiger partial charge in [-0.1, -0.05) is 37.5 Å². The Morgan fingerprint density at radius 3 is 2.14 bits per heavy atom. The summed E-state index contributed by atoms with van der Waals surface area (Å²) < 4.78 is 71.5. The Labute approximate surface area is 173 Å². The predicted octanol–water partition coefficient (Wildman–Crippen LogP) is 5.20. The van der Waals surface area contributed by atoms with Crippen molar-refractivity contribution >= 4 is 21.6 Å². The second-order valence-corrected chi connectivity index (χ2v) is 10.2. The number of hydrogen-bond acceptors (Lipinski definition) is 5. The molecule has 2 aromatic rings. The number of alkyl halides is 3. The monoisotopic (exact) mass is 453 g/mol. The molecule has 1 aromatic heterocycles. The normalized spacial score (nSPS) is 14.6. The summed E-state index contributed by atoms with van der Waals surface area (Å²) in [5.41, 5.74) is -1.46. The van der Waals surface area contributed by atoms with Gasteiger partial charge in [0, 0.05) is 11.5 Å². The van der Waals surface area contributed by atoms with Crippen LogP contribution in [0.15, 0.2) is 27.6 Å². The molecular formula is C18H23ClF3N3O3S. The first-order valence-electron chi connectivity index (χ1n) is 8.81. The molecule has 1 unspecified atom stereocenters. The van der Waals surface area contributed by atoms with Gasteiger partial charge in [0.2, 0.25) is 15.9 Å². The van der Waals surface area contributed by atoms with Crippen LogP contribution in [0, 0.1) is 0 Å². The Morgan fingerprint density at radius 1 is 1.14 bits per heavy atom. The second-order valence-electron chi connectivity index (χ2n) is 7.96. The highest BCUT2D eigenvalue weighted by molar-refractivity contribution is 7.89. The van der Waals surface area contributed by atoms with Crippen molar-refractivity contribution in [2.75, 3.05) is 0 Å². The molecule has 11 heteroatoms. The summed E-state index contributed by atoms with van der Waals surface area (Å²) in [5, 5.41) is 3.38. The highest BCUT2D eigenvalue weighted by Gasteiger charge is 2.38. The molecule has 0 saturated heterocycles. The zero-order valence-electron chi connectivity index (χ0n) is 16.9. The van der Waals surface area contributed by atoms with E-state index in [-0.39, 0.29) is 5.82 Å². The van der Waals surface area contributed by atoms with Crippen molar-refractivity contribution < 1.29 is 26.1 Å². The first-order valence-corrected chi connectivity index (χ1v) is 10.6. The highest BCUT2D eigenvalue weighted by atomic mass is 35.5. The van der Waals surface area contributed by atoms with Crippen LogP contribution in [0.25, 0.3) is 0 Å². The molecule has 0 saturated carbocycles. The van der Waals surface area contributed by atoms with E-state index in [0.29, 0.717) is 18.0 Å². The Morgan fingerprint density at radius 2 is 1.72 bits per heavy atom. The maximum atomic E-state index is 13.2. The fraction of sp³-hybridized carbons (Fsp3) is 0.556. The van der Waals surface area contributed by atoms with E-state index >= 15 is 0 Å². The van der Waals surface area contributed by atoms with E-state index in [1.54, 1.807) is 20.8 Å². The van der Waals surface area contributed by atoms with Crippen molar-refractivity contribution in [1.82, 2.24) is 14.4 Å². The molecule has 0 aliphatic carbocycles. The van der Waals surface area contributed by atoms with E-state index in [2.05, 4.69) is 10.1 Å². The average Bonchev–Trinajstić information content (AvgIpc) is 3.03. The number of halogens is 4. The van der Waals surface area contributed by atoms with Crippen LogP contribution in [0.3, 0.4) is 0 Å². The van der Waals surface area contributed by atoms with Gasteiger partial charge in [-0.3, -0.25) is 0 Å². The molecule has 1 heterocycles. The second kappa shape index (κ2) is 7.88. The molecule has 0 bridgehead atoms. The number of benzene rings is 1. The first-order chi connectivity index (χ1) is 13.1. The summed E-state index contributed by atoms with van der Waals surface area (Å²) in [6, 6.07) is 0.764. The maximum Gasteiger partial charge on any atom is 0.416 e. The summed E-state index contributed by atoms with van der Waals surface area (Å²) in [4.78, 5) is 3.87. The molecule has 6 nitrogen and oxygen atoms in total. The third-order valence-electron chi connectivity index (χ3n) is 4.16. The van der Waals surface area contributed by atoms with Crippen LogP contribution in [-0.4, -0.2) is 28.9 Å². The molecular weight excluding hydrogens is 431 g/mol. The standard InChI is InChI=1S/C18H23ClF3N3O3S/c1-10(2)25(11(3)15-23-16(28-24-15)17(4,5)6)29(26,27)14-8-7-12(9-13(14)19)18(20,21)22/h7-11H,1-6H3. The molecule has 2 rings (SSSR count). The van der Waals surface area contributed by atoms with Crippen LogP contribution in [0.2, 0.25) is 5.02 Å². The van der Waals surface area contributed by atoms with Crippen molar-refractivity contribution in [3.05, 3.63) is 40.5 Å². The Hall–Kier alpha value is -1.65. The van der Waals surface area contributed by atoms with Gasteiger partial charge in [-0.05, 0) is 39.0 Å². The third-order valence-corrected chi connectivity index (χ3v) is 6.79. The summed E-state index contributed by atoms with van der Waals surface area (Å²) >= 11 is 5.93. The number of hydrogen-bond donors (Lipinski definition) is 0. The molecule has 0 aliphatic heterocycles. The van der Waals surface area contributed by atoms with Gasteiger partial charge in [0.25, 0.3) is 0 Å². The van der Waals surface area contributed by atoms with E-state index in [1.807, 2.05) is 20.8 Å². The molecule has 162 valence electrons. The van der Waals surface area contributed by atoms with Crippen LogP contribution in [0.1, 0.15) is 64.9 Å². The lowest BCUT2D eigenvalue weighted by Gasteiger charge is -2.30. The van der Waals surface area contributed by atoms with Gasteiger partial charge in [-0.2, -0.15) is 22.5 Å². The minimum absolute atomic E-state index is 0.148. The summed E-state index contributed by atoms with van der Waals surface area (Å²) in [5.74, 6) is 0.489. The number of sulfonamides is 1. The topological polar surface area (TPSA) is 76.3 Å². The fourth-order valence-electron chi connectivity index (χ4n) is 2.76. The molecule has 1 atom stereocenters. The van der Waals surface area contributed by atoms with Crippen LogP contribution in [-0.2, 0) is 21.6 Å². The molecule has 1 aromatic carbocycles. The number of nitrogens with zero attached hydrogens (tertiary/aromatic N) is 3. The lowest BCUT2D eigenvalue weighted by atomic mass is 9.97. The molecule has 0 amide bonds. The zero-order chi connectivity index (χ0) is 22.4. The molecule has 0 fully saturated rings. The van der Waals surface area contributed by atoms with Gasteiger partial charge < -0.3 is 4.52 Å². The van der Waals surface area contributed by atoms with Crippen molar-refractivity contribution in [3.63, 3.8) is 0 Å². The van der Waals surface area contributed by atoms with Gasteiger partial charge >= 0.3 is 6.18 Å². The van der Waals surface area contributed by atoms with Crippen LogP contribution in [0.4, 0.5) is 13.2 Å². The van der Waals surface area contributed by atoms with Crippen LogP contribution >= 0.6 is 11.6 Å². The molecule has 0 N–H and O–H groups in total. The number of rotatable bonds is 5. The minimum Gasteiger partial charge on any atom is -0.339 e. The highest BCUT2D eigenvalue weighted by Crippen LogP contribution is 2.36. The van der Waals surface area contributed by atoms with E-state index in [9.17, 15) is 21.6 Å². The third kappa shape index (κ3) is 4.92. The van der Waals surface area contributed by atoms with E-state index in [1.165, 1.54) is 0 Å². The van der Waals surface area contributed by atoms with Crippen molar-refractivity contribution in [1.29, 1.82) is 0 Å². The summed E-state index contributed by atoms with van der Waals surface area (Å²) in [7, 11) is -4.25. The first kappa shape index (κ1) is 23.6. The largest absolute Gasteiger partial charge is 0.416 e.